The van der Waals surface area contributed by atoms with E-state index >= 15 is 0 Å². The van der Waals surface area contributed by atoms with Crippen molar-refractivity contribution in [3.05, 3.63) is 129 Å². The maximum absolute atomic E-state index is 13.6. The summed E-state index contributed by atoms with van der Waals surface area (Å²) in [5.74, 6) is 0.0836. The minimum absolute atomic E-state index is 0.0663. The van der Waals surface area contributed by atoms with Gasteiger partial charge in [0.15, 0.2) is 11.0 Å². The Balaban J connectivity index is 0.000000667. The molecule has 0 radical (unpaired) electrons. The number of nitrogens with zero attached hydrogens (tertiary/aromatic N) is 7. The highest BCUT2D eigenvalue weighted by Crippen LogP contribution is 2.32. The highest BCUT2D eigenvalue weighted by Gasteiger charge is 2.30. The number of halogens is 4. The number of thioether (sulfide) groups is 1. The molecule has 0 saturated heterocycles. The second-order valence-corrected chi connectivity index (χ2v) is 15.8. The molecule has 2 aromatic heterocycles. The van der Waals surface area contributed by atoms with Crippen LogP contribution in [0.25, 0.3) is 11.1 Å². The van der Waals surface area contributed by atoms with Gasteiger partial charge in [0, 0.05) is 30.1 Å². The van der Waals surface area contributed by atoms with E-state index in [1.54, 1.807) is 12.1 Å². The van der Waals surface area contributed by atoms with Crippen LogP contribution in [0.3, 0.4) is 0 Å². The van der Waals surface area contributed by atoms with Crippen molar-refractivity contribution < 1.29 is 47.2 Å². The van der Waals surface area contributed by atoms with Gasteiger partial charge in [0.1, 0.15) is 11.6 Å². The molecule has 0 fully saturated rings. The number of likely N-dealkylation sites (N-methyl/N-ethyl adjacent to an activating group) is 2. The first-order valence-electron chi connectivity index (χ1n) is 20.3. The van der Waals surface area contributed by atoms with E-state index in [0.29, 0.717) is 36.0 Å². The summed E-state index contributed by atoms with van der Waals surface area (Å²) in [5, 5.41) is 34.9. The third kappa shape index (κ3) is 12.8. The maximum Gasteiger partial charge on any atom is 0.416 e. The van der Waals surface area contributed by atoms with E-state index in [2.05, 4.69) is 56.5 Å². The van der Waals surface area contributed by atoms with Gasteiger partial charge in [-0.1, -0.05) is 74.1 Å². The fourth-order valence-corrected chi connectivity index (χ4v) is 7.96. The number of alkyl halides is 3. The van der Waals surface area contributed by atoms with E-state index < -0.39 is 30.1 Å². The van der Waals surface area contributed by atoms with Gasteiger partial charge in [-0.2, -0.15) is 18.2 Å². The number of aliphatic hydroxyl groups excluding tert-OH is 2. The van der Waals surface area contributed by atoms with Crippen molar-refractivity contribution in [3.8, 4) is 11.1 Å². The van der Waals surface area contributed by atoms with Gasteiger partial charge in [0.25, 0.3) is 12.0 Å². The Morgan fingerprint density at radius 2 is 1.52 bits per heavy atom. The summed E-state index contributed by atoms with van der Waals surface area (Å²) in [6, 6.07) is 19.3. The molecule has 6 rings (SSSR count). The molecule has 5 aromatic rings. The zero-order chi connectivity index (χ0) is 45.8. The molecular formula is C44H51F4N7O7S. The summed E-state index contributed by atoms with van der Waals surface area (Å²) >= 11 is 1.45. The van der Waals surface area contributed by atoms with Crippen molar-refractivity contribution in [2.75, 3.05) is 33.2 Å². The molecule has 3 unspecified atom stereocenters. The predicted molar refractivity (Wildman–Crippen MR) is 227 cm³/mol. The highest BCUT2D eigenvalue weighted by molar-refractivity contribution is 7.98. The first kappa shape index (κ1) is 48.6. The predicted octanol–water partition coefficient (Wildman–Crippen LogP) is 5.80. The summed E-state index contributed by atoms with van der Waals surface area (Å²) in [6.07, 6.45) is -6.17. The average Bonchev–Trinajstić information content (AvgIpc) is 3.93. The first-order chi connectivity index (χ1) is 30.0. The second kappa shape index (κ2) is 22.2. The summed E-state index contributed by atoms with van der Waals surface area (Å²) in [4.78, 5) is 41.6. The van der Waals surface area contributed by atoms with Crippen LogP contribution < -0.4 is 5.56 Å². The van der Waals surface area contributed by atoms with Crippen LogP contribution in [0, 0.1) is 5.82 Å². The number of aromatic nitrogens is 5. The van der Waals surface area contributed by atoms with Crippen LogP contribution >= 0.6 is 11.8 Å². The lowest BCUT2D eigenvalue weighted by molar-refractivity contribution is -0.185. The number of aliphatic hydroxyl groups is 2. The molecule has 0 spiro atoms. The average molecular weight is 898 g/mol. The van der Waals surface area contributed by atoms with Crippen molar-refractivity contribution >= 4 is 24.2 Å². The molecule has 0 bridgehead atoms. The van der Waals surface area contributed by atoms with Gasteiger partial charge in [-0.05, 0) is 92.8 Å². The lowest BCUT2D eigenvalue weighted by Gasteiger charge is -2.28. The molecule has 14 nitrogen and oxygen atoms in total. The Labute approximate surface area is 366 Å². The molecule has 2 heterocycles. The fourth-order valence-electron chi connectivity index (χ4n) is 7.00. The molecule has 1 aliphatic carbocycles. The topological polar surface area (TPSA) is 176 Å². The number of benzene rings is 3. The number of carbonyl (C=O) groups excluding carboxylic acids is 1. The number of aliphatic carboxylic acids is 1. The van der Waals surface area contributed by atoms with Crippen LogP contribution in [0.2, 0.25) is 0 Å². The van der Waals surface area contributed by atoms with Gasteiger partial charge in [0.2, 0.25) is 12.4 Å². The summed E-state index contributed by atoms with van der Waals surface area (Å²) in [6.45, 7) is 10.8. The maximum atomic E-state index is 13.6. The van der Waals surface area contributed by atoms with Gasteiger partial charge in [0.05, 0.1) is 24.7 Å². The Bertz CT molecular complexity index is 2340. The number of carbonyl (C=O) groups is 2. The van der Waals surface area contributed by atoms with Crippen molar-refractivity contribution in [3.63, 3.8) is 0 Å². The molecule has 1 aliphatic rings. The van der Waals surface area contributed by atoms with E-state index in [0.717, 1.165) is 90.7 Å². The van der Waals surface area contributed by atoms with E-state index in [1.807, 2.05) is 24.3 Å². The number of fused-ring (bicyclic) bond motifs is 1. The van der Waals surface area contributed by atoms with Gasteiger partial charge in [-0.3, -0.25) is 14.5 Å². The summed E-state index contributed by atoms with van der Waals surface area (Å²) in [7, 11) is 2.09. The number of hydrogen-bond donors (Lipinski definition) is 3. The molecule has 0 aliphatic heterocycles. The minimum Gasteiger partial charge on any atom is -0.479 e. The van der Waals surface area contributed by atoms with Crippen LogP contribution in [-0.2, 0) is 52.2 Å². The zero-order valence-corrected chi connectivity index (χ0v) is 36.2. The molecule has 3 N–H and O–H groups in total. The van der Waals surface area contributed by atoms with E-state index in [4.69, 9.17) is 25.5 Å². The largest absolute Gasteiger partial charge is 0.479 e. The van der Waals surface area contributed by atoms with Crippen LogP contribution in [0.5, 0.6) is 0 Å². The van der Waals surface area contributed by atoms with E-state index in [9.17, 15) is 31.9 Å². The standard InChI is InChI=1S/C40H45F4N7OS.C4H6O6/c1-5-49(6-2)23-22-48(4)27(3)37-47-46-36(51(37)24-28-10-14-30(15-11-28)31-16-18-32(19-17-31)40(42,43)44)25-50-35-9-7-8-34(35)38(52)45-39(50)53-26-29-12-20-33(41)21-13-29;5-1-10-4(9)2(6)3(7)8/h10-21,27H,5-9,22-26H2,1-4H3;1-2,4,6,9H,(H,7,8). The molecule has 0 amide bonds. The normalized spacial score (nSPS) is 13.9. The summed E-state index contributed by atoms with van der Waals surface area (Å²) < 4.78 is 61.0. The van der Waals surface area contributed by atoms with Crippen LogP contribution in [0.4, 0.5) is 17.6 Å². The van der Waals surface area contributed by atoms with Crippen molar-refractivity contribution in [2.45, 2.75) is 88.6 Å². The first-order valence-corrected chi connectivity index (χ1v) is 21.3. The minimum atomic E-state index is -4.39. The number of carboxylic acids is 1. The Kier molecular flexibility index (Phi) is 17.1. The Morgan fingerprint density at radius 3 is 2.11 bits per heavy atom. The molecule has 0 saturated carbocycles. The van der Waals surface area contributed by atoms with Crippen LogP contribution in [0.1, 0.15) is 72.8 Å². The molecule has 3 atom stereocenters. The molecule has 63 heavy (non-hydrogen) atoms. The van der Waals surface area contributed by atoms with Gasteiger partial charge >= 0.3 is 12.1 Å². The number of ether oxygens (including phenoxy) is 1. The fraction of sp³-hybridized carbons (Fsp3) is 0.409. The monoisotopic (exact) mass is 897 g/mol. The molecule has 338 valence electrons. The second-order valence-electron chi connectivity index (χ2n) is 14.9. The third-order valence-corrected chi connectivity index (χ3v) is 11.9. The Hall–Kier alpha value is -5.47. The van der Waals surface area contributed by atoms with Crippen LogP contribution in [-0.4, -0.2) is 107 Å². The van der Waals surface area contributed by atoms with Crippen molar-refractivity contribution in [1.82, 2.24) is 34.1 Å². The molecule has 3 aromatic carbocycles. The molecule has 19 heteroatoms. The van der Waals surface area contributed by atoms with Crippen LogP contribution in [0.15, 0.2) is 82.7 Å². The lowest BCUT2D eigenvalue weighted by Crippen LogP contribution is -2.35. The number of rotatable bonds is 19. The lowest BCUT2D eigenvalue weighted by atomic mass is 10.0. The van der Waals surface area contributed by atoms with Crippen molar-refractivity contribution in [2.24, 2.45) is 0 Å². The quantitative estimate of drug-likeness (QED) is 0.0299. The Morgan fingerprint density at radius 1 is 0.905 bits per heavy atom. The molecular weight excluding hydrogens is 847 g/mol. The SMILES string of the molecule is CCN(CC)CCN(C)C(C)c1nnc(Cn2c(SCc3ccc(F)cc3)nc(=O)c3c2CCC3)n1Cc1ccc(-c2ccc(C(F)(F)F)cc2)cc1.O=COC(O)C(O)C(=O)O. The van der Waals surface area contributed by atoms with Gasteiger partial charge in [-0.15, -0.1) is 10.2 Å². The van der Waals surface area contributed by atoms with Gasteiger partial charge < -0.3 is 34.1 Å². The number of carboxylic acid groups (broad SMARTS) is 1. The van der Waals surface area contributed by atoms with E-state index in [1.165, 1.54) is 36.0 Å². The smallest absolute Gasteiger partial charge is 0.416 e. The summed E-state index contributed by atoms with van der Waals surface area (Å²) in [5.41, 5.74) is 4.24. The third-order valence-electron chi connectivity index (χ3n) is 10.9. The van der Waals surface area contributed by atoms with Gasteiger partial charge in [-0.25, -0.2) is 9.18 Å². The highest BCUT2D eigenvalue weighted by atomic mass is 32.2. The zero-order valence-electron chi connectivity index (χ0n) is 35.3. The van der Waals surface area contributed by atoms with E-state index in [-0.39, 0.29) is 23.9 Å². The van der Waals surface area contributed by atoms with Crippen molar-refractivity contribution in [1.29, 1.82) is 0 Å². The number of hydrogen-bond acceptors (Lipinski definition) is 12.